The molecule has 4 nitrogen and oxygen atoms in total. The Labute approximate surface area is 103 Å². The SMILES string of the molecule is CS(=O)(=O)Nc1cc(Br)cc(OC2CC2)c1. The molecule has 0 saturated heterocycles. The van der Waals surface area contributed by atoms with Crippen molar-refractivity contribution < 1.29 is 13.2 Å². The fraction of sp³-hybridized carbons (Fsp3) is 0.400. The molecular formula is C10H12BrNO3S. The highest BCUT2D eigenvalue weighted by Crippen LogP contribution is 2.31. The van der Waals surface area contributed by atoms with Gasteiger partial charge in [-0.1, -0.05) is 15.9 Å². The number of rotatable bonds is 4. The van der Waals surface area contributed by atoms with E-state index in [-0.39, 0.29) is 0 Å². The molecule has 1 fully saturated rings. The molecule has 0 heterocycles. The lowest BCUT2D eigenvalue weighted by atomic mass is 10.3. The molecule has 2 rings (SSSR count). The minimum Gasteiger partial charge on any atom is -0.490 e. The number of nitrogens with one attached hydrogen (secondary N) is 1. The maximum absolute atomic E-state index is 11.1. The van der Waals surface area contributed by atoms with Crippen LogP contribution in [0.1, 0.15) is 12.8 Å². The van der Waals surface area contributed by atoms with E-state index in [1.54, 1.807) is 12.1 Å². The largest absolute Gasteiger partial charge is 0.490 e. The number of hydrogen-bond donors (Lipinski definition) is 1. The highest BCUT2D eigenvalue weighted by atomic mass is 79.9. The molecule has 0 aliphatic heterocycles. The first-order chi connectivity index (χ1) is 7.42. The fourth-order valence-corrected chi connectivity index (χ4v) is 2.30. The van der Waals surface area contributed by atoms with Crippen LogP contribution >= 0.6 is 15.9 Å². The lowest BCUT2D eigenvalue weighted by molar-refractivity contribution is 0.303. The second-order valence-corrected chi connectivity index (χ2v) is 6.53. The summed E-state index contributed by atoms with van der Waals surface area (Å²) < 4.78 is 31.0. The highest BCUT2D eigenvalue weighted by Gasteiger charge is 2.23. The minimum atomic E-state index is -3.25. The standard InChI is InChI=1S/C10H12BrNO3S/c1-16(13,14)12-8-4-7(11)5-10(6-8)15-9-2-3-9/h4-6,9,12H,2-3H2,1H3. The number of halogens is 1. The van der Waals surface area contributed by atoms with E-state index in [0.29, 0.717) is 17.5 Å². The summed E-state index contributed by atoms with van der Waals surface area (Å²) in [6.07, 6.45) is 3.55. The summed E-state index contributed by atoms with van der Waals surface area (Å²) in [5, 5.41) is 0. The van der Waals surface area contributed by atoms with Crippen molar-refractivity contribution in [2.75, 3.05) is 11.0 Å². The van der Waals surface area contributed by atoms with E-state index in [9.17, 15) is 8.42 Å². The smallest absolute Gasteiger partial charge is 0.229 e. The Bertz CT molecular complexity index is 497. The molecule has 0 bridgehead atoms. The van der Waals surface area contributed by atoms with Crippen LogP contribution in [0.3, 0.4) is 0 Å². The third kappa shape index (κ3) is 3.68. The number of hydrogen-bond acceptors (Lipinski definition) is 3. The summed E-state index contributed by atoms with van der Waals surface area (Å²) in [4.78, 5) is 0. The van der Waals surface area contributed by atoms with E-state index in [2.05, 4.69) is 20.7 Å². The van der Waals surface area contributed by atoms with Gasteiger partial charge >= 0.3 is 0 Å². The predicted molar refractivity (Wildman–Crippen MR) is 66.3 cm³/mol. The molecule has 6 heteroatoms. The van der Waals surface area contributed by atoms with Crippen molar-refractivity contribution in [3.63, 3.8) is 0 Å². The molecule has 0 radical (unpaired) electrons. The summed E-state index contributed by atoms with van der Waals surface area (Å²) in [5.74, 6) is 0.683. The first kappa shape index (κ1) is 11.7. The van der Waals surface area contributed by atoms with Crippen LogP contribution in [-0.4, -0.2) is 20.8 Å². The van der Waals surface area contributed by atoms with Gasteiger partial charge in [0.1, 0.15) is 5.75 Å². The van der Waals surface area contributed by atoms with Gasteiger partial charge in [0, 0.05) is 10.5 Å². The Morgan fingerprint density at radius 3 is 2.62 bits per heavy atom. The monoisotopic (exact) mass is 305 g/mol. The van der Waals surface area contributed by atoms with Crippen molar-refractivity contribution in [3.8, 4) is 5.75 Å². The van der Waals surface area contributed by atoms with Crippen molar-refractivity contribution >= 4 is 31.6 Å². The predicted octanol–water partition coefficient (Wildman–Crippen LogP) is 2.36. The van der Waals surface area contributed by atoms with Gasteiger partial charge in [-0.25, -0.2) is 8.42 Å². The number of sulfonamides is 1. The molecule has 0 amide bonds. The Morgan fingerprint density at radius 1 is 1.38 bits per heavy atom. The lowest BCUT2D eigenvalue weighted by Crippen LogP contribution is -2.09. The summed E-state index contributed by atoms with van der Waals surface area (Å²) >= 11 is 3.32. The molecule has 1 aliphatic rings. The van der Waals surface area contributed by atoms with Crippen LogP contribution in [0.4, 0.5) is 5.69 Å². The van der Waals surface area contributed by atoms with Gasteiger partial charge in [-0.3, -0.25) is 4.72 Å². The van der Waals surface area contributed by atoms with Crippen molar-refractivity contribution in [2.45, 2.75) is 18.9 Å². The molecule has 16 heavy (non-hydrogen) atoms. The topological polar surface area (TPSA) is 55.4 Å². The van der Waals surface area contributed by atoms with E-state index in [4.69, 9.17) is 4.74 Å². The Kier molecular flexibility index (Phi) is 3.12. The van der Waals surface area contributed by atoms with Gasteiger partial charge in [0.05, 0.1) is 18.0 Å². The molecule has 1 N–H and O–H groups in total. The van der Waals surface area contributed by atoms with Crippen LogP contribution in [0.5, 0.6) is 5.75 Å². The molecule has 1 aliphatic carbocycles. The summed E-state index contributed by atoms with van der Waals surface area (Å²) in [6, 6.07) is 5.21. The van der Waals surface area contributed by atoms with Crippen molar-refractivity contribution in [3.05, 3.63) is 22.7 Å². The zero-order chi connectivity index (χ0) is 11.8. The van der Waals surface area contributed by atoms with Gasteiger partial charge < -0.3 is 4.74 Å². The van der Waals surface area contributed by atoms with Crippen molar-refractivity contribution in [2.24, 2.45) is 0 Å². The van der Waals surface area contributed by atoms with Crippen LogP contribution in [0, 0.1) is 0 Å². The maximum atomic E-state index is 11.1. The van der Waals surface area contributed by atoms with Gasteiger partial charge in [0.25, 0.3) is 0 Å². The van der Waals surface area contributed by atoms with Crippen LogP contribution in [0.2, 0.25) is 0 Å². The second-order valence-electron chi connectivity index (χ2n) is 3.87. The van der Waals surface area contributed by atoms with E-state index < -0.39 is 10.0 Å². The van der Waals surface area contributed by atoms with Crippen LogP contribution in [0.25, 0.3) is 0 Å². The molecule has 1 aromatic carbocycles. The van der Waals surface area contributed by atoms with Gasteiger partial charge in [0.15, 0.2) is 0 Å². The third-order valence-electron chi connectivity index (χ3n) is 2.00. The van der Waals surface area contributed by atoms with Gasteiger partial charge in [-0.05, 0) is 25.0 Å². The summed E-state index contributed by atoms with van der Waals surface area (Å²) in [5.41, 5.74) is 0.507. The van der Waals surface area contributed by atoms with E-state index in [1.165, 1.54) is 0 Å². The van der Waals surface area contributed by atoms with Crippen LogP contribution in [-0.2, 0) is 10.0 Å². The summed E-state index contributed by atoms with van der Waals surface area (Å²) in [7, 11) is -3.25. The lowest BCUT2D eigenvalue weighted by Gasteiger charge is -2.09. The first-order valence-electron chi connectivity index (χ1n) is 4.87. The minimum absolute atomic E-state index is 0.292. The van der Waals surface area contributed by atoms with Gasteiger partial charge in [-0.15, -0.1) is 0 Å². The highest BCUT2D eigenvalue weighted by molar-refractivity contribution is 9.10. The molecular weight excluding hydrogens is 294 g/mol. The normalized spacial score (nSPS) is 15.9. The average Bonchev–Trinajstić information content (AvgIpc) is 2.82. The van der Waals surface area contributed by atoms with Crippen LogP contribution < -0.4 is 9.46 Å². The molecule has 1 aromatic rings. The first-order valence-corrected chi connectivity index (χ1v) is 7.56. The zero-order valence-electron chi connectivity index (χ0n) is 8.73. The van der Waals surface area contributed by atoms with E-state index in [1.807, 2.05) is 6.07 Å². The van der Waals surface area contributed by atoms with Gasteiger partial charge in [-0.2, -0.15) is 0 Å². The van der Waals surface area contributed by atoms with Crippen molar-refractivity contribution in [1.82, 2.24) is 0 Å². The molecule has 1 saturated carbocycles. The molecule has 0 unspecified atom stereocenters. The van der Waals surface area contributed by atoms with Crippen molar-refractivity contribution in [1.29, 1.82) is 0 Å². The van der Waals surface area contributed by atoms with E-state index >= 15 is 0 Å². The second kappa shape index (κ2) is 4.25. The Balaban J connectivity index is 2.20. The Hall–Kier alpha value is -0.750. The Morgan fingerprint density at radius 2 is 2.06 bits per heavy atom. The summed E-state index contributed by atoms with van der Waals surface area (Å²) in [6.45, 7) is 0. The number of ether oxygens (including phenoxy) is 1. The molecule has 0 spiro atoms. The quantitative estimate of drug-likeness (QED) is 0.929. The number of anilines is 1. The van der Waals surface area contributed by atoms with Crippen LogP contribution in [0.15, 0.2) is 22.7 Å². The molecule has 0 atom stereocenters. The maximum Gasteiger partial charge on any atom is 0.229 e. The average molecular weight is 306 g/mol. The molecule has 88 valence electrons. The zero-order valence-corrected chi connectivity index (χ0v) is 11.1. The number of benzene rings is 1. The molecule has 0 aromatic heterocycles. The fourth-order valence-electron chi connectivity index (χ4n) is 1.28. The third-order valence-corrected chi connectivity index (χ3v) is 3.07. The van der Waals surface area contributed by atoms with E-state index in [0.717, 1.165) is 23.6 Å². The van der Waals surface area contributed by atoms with Gasteiger partial charge in [0.2, 0.25) is 10.0 Å².